The molecule has 2 unspecified atom stereocenters. The third-order valence-electron chi connectivity index (χ3n) is 6.21. The van der Waals surface area contributed by atoms with Crippen LogP contribution in [0.25, 0.3) is 0 Å². The van der Waals surface area contributed by atoms with Gasteiger partial charge in [-0.05, 0) is 43.0 Å². The first-order valence-electron chi connectivity index (χ1n) is 11.2. The van der Waals surface area contributed by atoms with Crippen molar-refractivity contribution in [2.24, 2.45) is 5.92 Å². The second-order valence-corrected chi connectivity index (χ2v) is 8.56. The Morgan fingerprint density at radius 2 is 1.87 bits per heavy atom. The molecule has 2 aromatic rings. The van der Waals surface area contributed by atoms with E-state index in [1.165, 1.54) is 0 Å². The van der Waals surface area contributed by atoms with Crippen molar-refractivity contribution in [3.8, 4) is 5.75 Å². The van der Waals surface area contributed by atoms with E-state index < -0.39 is 0 Å². The van der Waals surface area contributed by atoms with E-state index in [4.69, 9.17) is 4.74 Å². The van der Waals surface area contributed by atoms with E-state index in [9.17, 15) is 9.59 Å². The molecule has 2 amide bonds. The van der Waals surface area contributed by atoms with Crippen LogP contribution in [0, 0.1) is 5.92 Å². The van der Waals surface area contributed by atoms with Gasteiger partial charge in [-0.1, -0.05) is 49.4 Å². The predicted molar refractivity (Wildman–Crippen MR) is 121 cm³/mol. The maximum absolute atomic E-state index is 12.4. The molecule has 6 heteroatoms. The van der Waals surface area contributed by atoms with Crippen LogP contribution in [0.5, 0.6) is 5.75 Å². The van der Waals surface area contributed by atoms with Crippen molar-refractivity contribution < 1.29 is 14.3 Å². The van der Waals surface area contributed by atoms with Gasteiger partial charge in [0.05, 0.1) is 12.1 Å². The first-order chi connectivity index (χ1) is 15.1. The van der Waals surface area contributed by atoms with Crippen LogP contribution in [0.1, 0.15) is 25.3 Å². The van der Waals surface area contributed by atoms with Crippen molar-refractivity contribution in [3.63, 3.8) is 0 Å². The van der Waals surface area contributed by atoms with E-state index in [0.717, 1.165) is 49.5 Å². The Morgan fingerprint density at radius 1 is 1.10 bits per heavy atom. The van der Waals surface area contributed by atoms with Gasteiger partial charge in [-0.2, -0.15) is 0 Å². The average Bonchev–Trinajstić information content (AvgIpc) is 2.78. The normalized spacial score (nSPS) is 21.3. The molecule has 2 aliphatic heterocycles. The number of piperidine rings is 1. The van der Waals surface area contributed by atoms with Crippen LogP contribution in [-0.2, 0) is 16.0 Å². The number of fused-ring (bicyclic) bond motifs is 1. The number of rotatable bonds is 7. The van der Waals surface area contributed by atoms with Gasteiger partial charge in [-0.3, -0.25) is 9.59 Å². The highest BCUT2D eigenvalue weighted by Gasteiger charge is 2.28. The maximum atomic E-state index is 12.4. The molecule has 0 saturated carbocycles. The van der Waals surface area contributed by atoms with E-state index in [1.54, 1.807) is 0 Å². The number of hydrogen-bond donors (Lipinski definition) is 1. The minimum absolute atomic E-state index is 0.0203. The summed E-state index contributed by atoms with van der Waals surface area (Å²) in [6.07, 6.45) is 2.31. The van der Waals surface area contributed by atoms with Crippen molar-refractivity contribution in [1.82, 2.24) is 10.2 Å². The lowest BCUT2D eigenvalue weighted by molar-refractivity contribution is -0.122. The molecule has 4 rings (SSSR count). The highest BCUT2D eigenvalue weighted by Crippen LogP contribution is 2.31. The summed E-state index contributed by atoms with van der Waals surface area (Å²) in [5, 5.41) is 3.23. The summed E-state index contributed by atoms with van der Waals surface area (Å²) in [6.45, 7) is 5.89. The summed E-state index contributed by atoms with van der Waals surface area (Å²) in [6, 6.07) is 17.8. The van der Waals surface area contributed by atoms with E-state index >= 15 is 0 Å². The largest absolute Gasteiger partial charge is 0.482 e. The molecule has 1 N–H and O–H groups in total. The van der Waals surface area contributed by atoms with Gasteiger partial charge in [0.15, 0.2) is 6.61 Å². The number of para-hydroxylation sites is 2. The molecule has 2 atom stereocenters. The third kappa shape index (κ3) is 5.44. The molecule has 1 saturated heterocycles. The number of nitrogens with one attached hydrogen (secondary N) is 1. The Kier molecular flexibility index (Phi) is 6.87. The Bertz CT molecular complexity index is 902. The number of nitrogens with zero attached hydrogens (tertiary/aromatic N) is 2. The van der Waals surface area contributed by atoms with E-state index in [1.807, 2.05) is 59.5 Å². The number of likely N-dealkylation sites (tertiary alicyclic amines) is 1. The zero-order valence-electron chi connectivity index (χ0n) is 18.1. The smallest absolute Gasteiger partial charge is 0.265 e. The van der Waals surface area contributed by atoms with Gasteiger partial charge >= 0.3 is 0 Å². The lowest BCUT2D eigenvalue weighted by atomic mass is 9.93. The van der Waals surface area contributed by atoms with Crippen LogP contribution in [0.2, 0.25) is 0 Å². The Morgan fingerprint density at radius 3 is 2.68 bits per heavy atom. The second kappa shape index (κ2) is 9.96. The number of ether oxygens (including phenoxy) is 1. The SMILES string of the molecule is CC1CN(CCCN2C(=O)COc3ccccc32)CCC1NC(=O)Cc1ccccc1. The molecule has 2 aromatic carbocycles. The lowest BCUT2D eigenvalue weighted by Crippen LogP contribution is -2.50. The number of hydrogen-bond acceptors (Lipinski definition) is 4. The molecule has 164 valence electrons. The molecule has 2 heterocycles. The van der Waals surface area contributed by atoms with E-state index in [-0.39, 0.29) is 24.5 Å². The molecule has 1 fully saturated rings. The number of carbonyl (C=O) groups excluding carboxylic acids is 2. The van der Waals surface area contributed by atoms with Crippen molar-refractivity contribution in [2.75, 3.05) is 37.7 Å². The maximum Gasteiger partial charge on any atom is 0.265 e. The summed E-state index contributed by atoms with van der Waals surface area (Å²) < 4.78 is 5.52. The quantitative estimate of drug-likeness (QED) is 0.747. The number of anilines is 1. The molecule has 0 spiro atoms. The van der Waals surface area contributed by atoms with Crippen LogP contribution in [0.3, 0.4) is 0 Å². The average molecular weight is 422 g/mol. The lowest BCUT2D eigenvalue weighted by Gasteiger charge is -2.38. The summed E-state index contributed by atoms with van der Waals surface area (Å²) in [4.78, 5) is 29.0. The standard InChI is InChI=1S/C25H31N3O3/c1-19-17-27(15-12-21(19)26-24(29)16-20-8-3-2-4-9-20)13-7-14-28-22-10-5-6-11-23(22)31-18-25(28)30/h2-6,8-11,19,21H,7,12-18H2,1H3,(H,26,29). The van der Waals surface area contributed by atoms with Crippen molar-refractivity contribution in [3.05, 3.63) is 60.2 Å². The molecule has 31 heavy (non-hydrogen) atoms. The van der Waals surface area contributed by atoms with Crippen LogP contribution in [0.15, 0.2) is 54.6 Å². The van der Waals surface area contributed by atoms with Gasteiger partial charge in [0.2, 0.25) is 5.91 Å². The Labute approximate surface area is 184 Å². The van der Waals surface area contributed by atoms with Crippen molar-refractivity contribution in [2.45, 2.75) is 32.2 Å². The molecule has 0 aromatic heterocycles. The highest BCUT2D eigenvalue weighted by molar-refractivity contribution is 5.97. The van der Waals surface area contributed by atoms with Gasteiger partial charge in [0, 0.05) is 25.7 Å². The zero-order chi connectivity index (χ0) is 21.6. The van der Waals surface area contributed by atoms with Crippen molar-refractivity contribution in [1.29, 1.82) is 0 Å². The minimum Gasteiger partial charge on any atom is -0.482 e. The minimum atomic E-state index is 0.0203. The summed E-state index contributed by atoms with van der Waals surface area (Å²) in [5.41, 5.74) is 1.91. The molecular weight excluding hydrogens is 390 g/mol. The fourth-order valence-electron chi connectivity index (χ4n) is 4.54. The number of amides is 2. The number of carbonyl (C=O) groups is 2. The first-order valence-corrected chi connectivity index (χ1v) is 11.2. The Hall–Kier alpha value is -2.86. The predicted octanol–water partition coefficient (Wildman–Crippen LogP) is 2.87. The highest BCUT2D eigenvalue weighted by atomic mass is 16.5. The summed E-state index contributed by atoms with van der Waals surface area (Å²) in [7, 11) is 0. The monoisotopic (exact) mass is 421 g/mol. The van der Waals surface area contributed by atoms with Gasteiger partial charge in [0.25, 0.3) is 5.91 Å². The fraction of sp³-hybridized carbons (Fsp3) is 0.440. The molecular formula is C25H31N3O3. The number of benzene rings is 2. The van der Waals surface area contributed by atoms with Gasteiger partial charge in [-0.15, -0.1) is 0 Å². The molecule has 2 aliphatic rings. The zero-order valence-corrected chi connectivity index (χ0v) is 18.1. The Balaban J connectivity index is 1.22. The van der Waals surface area contributed by atoms with Crippen LogP contribution < -0.4 is 15.0 Å². The van der Waals surface area contributed by atoms with Crippen LogP contribution in [0.4, 0.5) is 5.69 Å². The molecule has 0 aliphatic carbocycles. The van der Waals surface area contributed by atoms with Gasteiger partial charge in [0.1, 0.15) is 5.75 Å². The molecule has 0 radical (unpaired) electrons. The third-order valence-corrected chi connectivity index (χ3v) is 6.21. The van der Waals surface area contributed by atoms with Gasteiger partial charge < -0.3 is 19.9 Å². The van der Waals surface area contributed by atoms with Gasteiger partial charge in [-0.25, -0.2) is 0 Å². The molecule has 0 bridgehead atoms. The van der Waals surface area contributed by atoms with Crippen LogP contribution >= 0.6 is 0 Å². The topological polar surface area (TPSA) is 61.9 Å². The molecule has 6 nitrogen and oxygen atoms in total. The second-order valence-electron chi connectivity index (χ2n) is 8.56. The van der Waals surface area contributed by atoms with E-state index in [0.29, 0.717) is 18.9 Å². The first kappa shape index (κ1) is 21.4. The van der Waals surface area contributed by atoms with Crippen LogP contribution in [-0.4, -0.2) is 55.5 Å². The summed E-state index contributed by atoms with van der Waals surface area (Å²) >= 11 is 0. The fourth-order valence-corrected chi connectivity index (χ4v) is 4.54. The van der Waals surface area contributed by atoms with Crippen molar-refractivity contribution >= 4 is 17.5 Å². The van der Waals surface area contributed by atoms with E-state index in [2.05, 4.69) is 17.1 Å². The summed E-state index contributed by atoms with van der Waals surface area (Å²) in [5.74, 6) is 1.30.